The first kappa shape index (κ1) is 14.9. The van der Waals surface area contributed by atoms with Gasteiger partial charge in [0.1, 0.15) is 11.0 Å². The monoisotopic (exact) mass is 410 g/mol. The average Bonchev–Trinajstić information content (AvgIpc) is 2.32. The van der Waals surface area contributed by atoms with Gasteiger partial charge in [0.05, 0.1) is 14.3 Å². The van der Waals surface area contributed by atoms with E-state index in [1.54, 1.807) is 6.07 Å². The highest BCUT2D eigenvalue weighted by atomic mass is 127. The Morgan fingerprint density at radius 2 is 1.89 bits per heavy atom. The zero-order valence-corrected chi connectivity index (χ0v) is 13.9. The summed E-state index contributed by atoms with van der Waals surface area (Å²) >= 11 is 14.3. The van der Waals surface area contributed by atoms with Gasteiger partial charge in [-0.05, 0) is 46.7 Å². The lowest BCUT2D eigenvalue weighted by molar-refractivity contribution is 0.628. The molecule has 0 fully saturated rings. The Morgan fingerprint density at radius 3 is 2.47 bits per heavy atom. The Morgan fingerprint density at radius 1 is 1.21 bits per heavy atom. The van der Waals surface area contributed by atoms with Crippen LogP contribution in [0, 0.1) is 9.39 Å². The summed E-state index contributed by atoms with van der Waals surface area (Å²) in [5, 5.41) is 0.654. The molecular weight excluding hydrogens is 401 g/mol. The number of hydrogen-bond acceptors (Lipinski definition) is 2. The van der Waals surface area contributed by atoms with Crippen molar-refractivity contribution < 1.29 is 4.39 Å². The minimum absolute atomic E-state index is 0.213. The van der Waals surface area contributed by atoms with Crippen LogP contribution in [0.2, 0.25) is 10.2 Å². The van der Waals surface area contributed by atoms with E-state index in [0.717, 1.165) is 9.26 Å². The molecule has 6 heteroatoms. The molecule has 1 aromatic heterocycles. The van der Waals surface area contributed by atoms with E-state index >= 15 is 0 Å². The van der Waals surface area contributed by atoms with Crippen LogP contribution in [-0.4, -0.2) is 9.97 Å². The van der Waals surface area contributed by atoms with Crippen molar-refractivity contribution in [3.63, 3.8) is 0 Å². The maximum atomic E-state index is 13.1. The highest BCUT2D eigenvalue weighted by Gasteiger charge is 2.16. The quantitative estimate of drug-likeness (QED) is 0.494. The van der Waals surface area contributed by atoms with Crippen LogP contribution in [-0.2, 0) is 0 Å². The SMILES string of the molecule is CC(C)c1nc(-c2ccc(F)cc2Cl)nc(Cl)c1I. The molecule has 1 heterocycles. The van der Waals surface area contributed by atoms with Crippen molar-refractivity contribution in [3.05, 3.63) is 43.5 Å². The molecule has 0 radical (unpaired) electrons. The summed E-state index contributed by atoms with van der Waals surface area (Å²) in [4.78, 5) is 8.70. The zero-order valence-electron chi connectivity index (χ0n) is 10.2. The zero-order chi connectivity index (χ0) is 14.2. The molecule has 0 N–H and O–H groups in total. The molecule has 2 nitrogen and oxygen atoms in total. The summed E-state index contributed by atoms with van der Waals surface area (Å²) in [5.41, 5.74) is 1.43. The summed E-state index contributed by atoms with van der Waals surface area (Å²) in [7, 11) is 0. The van der Waals surface area contributed by atoms with E-state index in [2.05, 4.69) is 32.6 Å². The Hall–Kier alpha value is -0.460. The van der Waals surface area contributed by atoms with Crippen LogP contribution in [0.4, 0.5) is 4.39 Å². The minimum atomic E-state index is -0.394. The van der Waals surface area contributed by atoms with E-state index in [4.69, 9.17) is 23.2 Å². The molecule has 0 aliphatic carbocycles. The first-order valence-corrected chi connectivity index (χ1v) is 7.42. The van der Waals surface area contributed by atoms with Crippen LogP contribution in [0.25, 0.3) is 11.4 Å². The van der Waals surface area contributed by atoms with Crippen molar-refractivity contribution in [1.82, 2.24) is 9.97 Å². The standard InChI is InChI=1S/C13H10Cl2FIN2/c1-6(2)11-10(17)12(15)19-13(18-11)8-4-3-7(16)5-9(8)14/h3-6H,1-2H3. The number of halogens is 4. The third-order valence-electron chi connectivity index (χ3n) is 2.56. The van der Waals surface area contributed by atoms with E-state index < -0.39 is 5.82 Å². The molecule has 0 unspecified atom stereocenters. The van der Waals surface area contributed by atoms with Crippen LogP contribution in [0.3, 0.4) is 0 Å². The van der Waals surface area contributed by atoms with E-state index in [-0.39, 0.29) is 10.9 Å². The maximum absolute atomic E-state index is 13.1. The van der Waals surface area contributed by atoms with E-state index in [9.17, 15) is 4.39 Å². The molecule has 1 aromatic carbocycles. The van der Waals surface area contributed by atoms with Gasteiger partial charge >= 0.3 is 0 Å². The molecule has 0 saturated heterocycles. The summed E-state index contributed by atoms with van der Waals surface area (Å²) in [6, 6.07) is 4.12. The molecule has 0 spiro atoms. The topological polar surface area (TPSA) is 25.8 Å². The molecule has 0 aliphatic heterocycles. The normalized spacial score (nSPS) is 11.1. The van der Waals surface area contributed by atoms with Gasteiger partial charge in [0, 0.05) is 5.56 Å². The van der Waals surface area contributed by atoms with Crippen molar-refractivity contribution in [2.45, 2.75) is 19.8 Å². The van der Waals surface area contributed by atoms with Crippen molar-refractivity contribution in [2.24, 2.45) is 0 Å². The van der Waals surface area contributed by atoms with Crippen LogP contribution in [0.1, 0.15) is 25.5 Å². The fourth-order valence-electron chi connectivity index (χ4n) is 1.61. The largest absolute Gasteiger partial charge is 0.232 e. The average molecular weight is 411 g/mol. The molecule has 2 rings (SSSR count). The lowest BCUT2D eigenvalue weighted by Crippen LogP contribution is -2.02. The predicted molar refractivity (Wildman–Crippen MR) is 84.3 cm³/mol. The molecule has 2 aromatic rings. The first-order chi connectivity index (χ1) is 8.90. The van der Waals surface area contributed by atoms with Crippen molar-refractivity contribution in [1.29, 1.82) is 0 Å². The third kappa shape index (κ3) is 3.17. The van der Waals surface area contributed by atoms with Crippen LogP contribution >= 0.6 is 45.8 Å². The van der Waals surface area contributed by atoms with Crippen LogP contribution in [0.15, 0.2) is 18.2 Å². The summed E-state index contributed by atoms with van der Waals surface area (Å²) in [6.45, 7) is 4.05. The molecule has 0 saturated carbocycles. The molecule has 0 amide bonds. The molecule has 19 heavy (non-hydrogen) atoms. The van der Waals surface area contributed by atoms with Crippen molar-refractivity contribution in [2.75, 3.05) is 0 Å². The summed E-state index contributed by atoms with van der Waals surface area (Å²) in [6.07, 6.45) is 0. The smallest absolute Gasteiger partial charge is 0.162 e. The second kappa shape index (κ2) is 5.89. The number of nitrogens with zero attached hydrogens (tertiary/aromatic N) is 2. The highest BCUT2D eigenvalue weighted by Crippen LogP contribution is 2.31. The van der Waals surface area contributed by atoms with Gasteiger partial charge < -0.3 is 0 Å². The summed E-state index contributed by atoms with van der Waals surface area (Å²) < 4.78 is 13.9. The minimum Gasteiger partial charge on any atom is -0.232 e. The number of benzene rings is 1. The van der Waals surface area contributed by atoms with Gasteiger partial charge in [0.25, 0.3) is 0 Å². The van der Waals surface area contributed by atoms with Crippen LogP contribution < -0.4 is 0 Å². The Kier molecular flexibility index (Phi) is 4.63. The third-order valence-corrected chi connectivity index (χ3v) is 4.52. The van der Waals surface area contributed by atoms with E-state index in [1.165, 1.54) is 12.1 Å². The van der Waals surface area contributed by atoms with Crippen LogP contribution in [0.5, 0.6) is 0 Å². The van der Waals surface area contributed by atoms with Gasteiger partial charge in [-0.25, -0.2) is 14.4 Å². The van der Waals surface area contributed by atoms with Gasteiger partial charge in [0.2, 0.25) is 0 Å². The number of aromatic nitrogens is 2. The first-order valence-electron chi connectivity index (χ1n) is 5.58. The van der Waals surface area contributed by atoms with Crippen molar-refractivity contribution in [3.8, 4) is 11.4 Å². The van der Waals surface area contributed by atoms with Gasteiger partial charge in [-0.2, -0.15) is 0 Å². The maximum Gasteiger partial charge on any atom is 0.162 e. The Balaban J connectivity index is 2.63. The Bertz CT molecular complexity index is 632. The number of hydrogen-bond donors (Lipinski definition) is 0. The lowest BCUT2D eigenvalue weighted by Gasteiger charge is -2.11. The molecule has 0 atom stereocenters. The van der Waals surface area contributed by atoms with Gasteiger partial charge in [-0.15, -0.1) is 0 Å². The fourth-order valence-corrected chi connectivity index (χ4v) is 2.90. The molecule has 0 bridgehead atoms. The van der Waals surface area contributed by atoms with E-state index in [0.29, 0.717) is 16.5 Å². The van der Waals surface area contributed by atoms with Gasteiger partial charge in [0.15, 0.2) is 5.82 Å². The molecule has 0 aliphatic rings. The second-order valence-electron chi connectivity index (χ2n) is 4.32. The fraction of sp³-hybridized carbons (Fsp3) is 0.231. The molecule has 100 valence electrons. The summed E-state index contributed by atoms with van der Waals surface area (Å²) in [5.74, 6) is 0.235. The second-order valence-corrected chi connectivity index (χ2v) is 6.16. The Labute approximate surface area is 134 Å². The number of rotatable bonds is 2. The lowest BCUT2D eigenvalue weighted by atomic mass is 10.1. The van der Waals surface area contributed by atoms with Gasteiger partial charge in [-0.1, -0.05) is 37.0 Å². The van der Waals surface area contributed by atoms with Gasteiger partial charge in [-0.3, -0.25) is 0 Å². The predicted octanol–water partition coefficient (Wildman–Crippen LogP) is 5.32. The molecular formula is C13H10Cl2FIN2. The van der Waals surface area contributed by atoms with E-state index in [1.807, 2.05) is 13.8 Å². The van der Waals surface area contributed by atoms with Crippen molar-refractivity contribution >= 4 is 45.8 Å². The highest BCUT2D eigenvalue weighted by molar-refractivity contribution is 14.1.